The van der Waals surface area contributed by atoms with Crippen molar-refractivity contribution in [2.45, 2.75) is 32.6 Å². The fourth-order valence-electron chi connectivity index (χ4n) is 1.96. The third kappa shape index (κ3) is 2.70. The SMILES string of the molecule is CCC/C=C1\OC(=O)C2=C1CCC(OS(=O)O)=C2. The fourth-order valence-corrected chi connectivity index (χ4v) is 2.27. The molecule has 0 saturated carbocycles. The van der Waals surface area contributed by atoms with Crippen molar-refractivity contribution in [1.29, 1.82) is 0 Å². The minimum absolute atomic E-state index is 0.336. The van der Waals surface area contributed by atoms with E-state index in [4.69, 9.17) is 13.5 Å². The second kappa shape index (κ2) is 5.49. The van der Waals surface area contributed by atoms with Crippen molar-refractivity contribution in [3.05, 3.63) is 34.8 Å². The summed E-state index contributed by atoms with van der Waals surface area (Å²) in [4.78, 5) is 11.7. The summed E-state index contributed by atoms with van der Waals surface area (Å²) in [5.74, 6) is 0.539. The van der Waals surface area contributed by atoms with Crippen LogP contribution in [0.15, 0.2) is 34.8 Å². The molecule has 1 unspecified atom stereocenters. The molecule has 0 bridgehead atoms. The van der Waals surface area contributed by atoms with Crippen LogP contribution in [0.25, 0.3) is 0 Å². The molecule has 0 spiro atoms. The van der Waals surface area contributed by atoms with Crippen molar-refractivity contribution in [3.63, 3.8) is 0 Å². The standard InChI is InChI=1S/C12H14O5S/c1-2-3-4-11-9-6-5-8(17-18(14)15)7-10(9)12(13)16-11/h4,7H,2-3,5-6H2,1H3,(H,14,15)/b11-4-. The first-order chi connectivity index (χ1) is 8.61. The Hall–Kier alpha value is -1.40. The predicted molar refractivity (Wildman–Crippen MR) is 65.3 cm³/mol. The highest BCUT2D eigenvalue weighted by Gasteiger charge is 2.31. The number of carbonyl (C=O) groups is 1. The number of carbonyl (C=O) groups excluding carboxylic acids is 1. The largest absolute Gasteiger partial charge is 0.423 e. The Kier molecular flexibility index (Phi) is 3.98. The number of hydrogen-bond donors (Lipinski definition) is 1. The normalized spacial score (nSPS) is 22.7. The van der Waals surface area contributed by atoms with E-state index in [1.807, 2.05) is 13.0 Å². The molecule has 0 saturated heterocycles. The Balaban J connectivity index is 2.24. The lowest BCUT2D eigenvalue weighted by atomic mass is 9.96. The van der Waals surface area contributed by atoms with Crippen LogP contribution in [-0.4, -0.2) is 14.7 Å². The molecule has 2 rings (SSSR count). The van der Waals surface area contributed by atoms with Crippen LogP contribution >= 0.6 is 0 Å². The molecule has 5 nitrogen and oxygen atoms in total. The minimum Gasteiger partial charge on any atom is -0.423 e. The molecule has 1 heterocycles. The molecule has 1 aliphatic carbocycles. The minimum atomic E-state index is -2.35. The summed E-state index contributed by atoms with van der Waals surface area (Å²) in [5, 5.41) is 0. The van der Waals surface area contributed by atoms with Gasteiger partial charge in [-0.1, -0.05) is 13.3 Å². The molecule has 6 heteroatoms. The number of unbranched alkanes of at least 4 members (excludes halogenated alkanes) is 1. The zero-order valence-electron chi connectivity index (χ0n) is 9.97. The first-order valence-electron chi connectivity index (χ1n) is 5.77. The van der Waals surface area contributed by atoms with Crippen molar-refractivity contribution in [1.82, 2.24) is 0 Å². The first kappa shape index (κ1) is 13.0. The van der Waals surface area contributed by atoms with Gasteiger partial charge in [-0.15, -0.1) is 0 Å². The number of esters is 1. The Morgan fingerprint density at radius 3 is 3.00 bits per heavy atom. The van der Waals surface area contributed by atoms with E-state index in [1.165, 1.54) is 6.08 Å². The Morgan fingerprint density at radius 2 is 2.33 bits per heavy atom. The molecule has 98 valence electrons. The lowest BCUT2D eigenvalue weighted by Gasteiger charge is -2.11. The number of cyclic esters (lactones) is 1. The van der Waals surface area contributed by atoms with Gasteiger partial charge in [0.1, 0.15) is 11.5 Å². The highest BCUT2D eigenvalue weighted by atomic mass is 32.2. The van der Waals surface area contributed by atoms with Crippen molar-refractivity contribution >= 4 is 17.3 Å². The summed E-state index contributed by atoms with van der Waals surface area (Å²) < 4.78 is 29.1. The van der Waals surface area contributed by atoms with Gasteiger partial charge in [0, 0.05) is 12.0 Å². The monoisotopic (exact) mass is 270 g/mol. The molecule has 0 aromatic heterocycles. The fraction of sp³-hybridized carbons (Fsp3) is 0.417. The van der Waals surface area contributed by atoms with Crippen molar-refractivity contribution in [2.24, 2.45) is 0 Å². The lowest BCUT2D eigenvalue weighted by molar-refractivity contribution is -0.132. The maximum Gasteiger partial charge on any atom is 0.357 e. The van der Waals surface area contributed by atoms with Crippen molar-refractivity contribution < 1.29 is 22.5 Å². The number of allylic oxidation sites excluding steroid dienone is 3. The molecule has 0 radical (unpaired) electrons. The number of ether oxygens (including phenoxy) is 1. The van der Waals surface area contributed by atoms with Gasteiger partial charge in [0.15, 0.2) is 0 Å². The molecule has 1 atom stereocenters. The van der Waals surface area contributed by atoms with Gasteiger partial charge >= 0.3 is 17.3 Å². The van der Waals surface area contributed by atoms with E-state index in [9.17, 15) is 9.00 Å². The molecule has 0 aromatic rings. The predicted octanol–water partition coefficient (Wildman–Crippen LogP) is 2.35. The lowest BCUT2D eigenvalue weighted by Crippen LogP contribution is -2.04. The van der Waals surface area contributed by atoms with Gasteiger partial charge < -0.3 is 8.92 Å². The van der Waals surface area contributed by atoms with Crippen LogP contribution in [-0.2, 0) is 25.1 Å². The Bertz CT molecular complexity index is 487. The van der Waals surface area contributed by atoms with Crippen LogP contribution in [0.3, 0.4) is 0 Å². The smallest absolute Gasteiger partial charge is 0.357 e. The molecule has 1 N–H and O–H groups in total. The summed E-state index contributed by atoms with van der Waals surface area (Å²) in [6.07, 6.45) is 6.31. The maximum absolute atomic E-state index is 11.7. The zero-order valence-corrected chi connectivity index (χ0v) is 10.8. The van der Waals surface area contributed by atoms with Gasteiger partial charge in [-0.3, -0.25) is 4.55 Å². The van der Waals surface area contributed by atoms with Crippen LogP contribution in [0.1, 0.15) is 32.6 Å². The van der Waals surface area contributed by atoms with E-state index < -0.39 is 17.3 Å². The Labute approximate surface area is 108 Å². The average Bonchev–Trinajstić information content (AvgIpc) is 2.63. The molecule has 2 aliphatic rings. The van der Waals surface area contributed by atoms with E-state index >= 15 is 0 Å². The molecule has 0 aromatic carbocycles. The van der Waals surface area contributed by atoms with Gasteiger partial charge in [0.05, 0.1) is 5.57 Å². The van der Waals surface area contributed by atoms with Gasteiger partial charge in [0.25, 0.3) is 0 Å². The van der Waals surface area contributed by atoms with E-state index in [1.54, 1.807) is 0 Å². The van der Waals surface area contributed by atoms with Gasteiger partial charge in [-0.05, 0) is 25.0 Å². The van der Waals surface area contributed by atoms with Crippen LogP contribution in [0.5, 0.6) is 0 Å². The van der Waals surface area contributed by atoms with Crippen LogP contribution in [0, 0.1) is 0 Å². The molecule has 0 amide bonds. The molecular formula is C12H14O5S. The van der Waals surface area contributed by atoms with Gasteiger partial charge in [0.2, 0.25) is 0 Å². The molecule has 18 heavy (non-hydrogen) atoms. The second-order valence-electron chi connectivity index (χ2n) is 4.05. The molecule has 1 aliphatic heterocycles. The Morgan fingerprint density at radius 1 is 1.56 bits per heavy atom. The van der Waals surface area contributed by atoms with Gasteiger partial charge in [-0.2, -0.15) is 4.21 Å². The quantitative estimate of drug-likeness (QED) is 0.627. The summed E-state index contributed by atoms with van der Waals surface area (Å²) in [6, 6.07) is 0. The molecule has 0 fully saturated rings. The third-order valence-corrected chi connectivity index (χ3v) is 3.13. The zero-order chi connectivity index (χ0) is 13.1. The third-order valence-electron chi connectivity index (χ3n) is 2.77. The second-order valence-corrected chi connectivity index (χ2v) is 4.65. The van der Waals surface area contributed by atoms with Crippen molar-refractivity contribution in [3.8, 4) is 0 Å². The van der Waals surface area contributed by atoms with E-state index in [2.05, 4.69) is 0 Å². The summed E-state index contributed by atoms with van der Waals surface area (Å²) >= 11 is -2.35. The van der Waals surface area contributed by atoms with Gasteiger partial charge in [-0.25, -0.2) is 4.79 Å². The number of hydrogen-bond acceptors (Lipinski definition) is 4. The average molecular weight is 270 g/mol. The van der Waals surface area contributed by atoms with Crippen LogP contribution < -0.4 is 0 Å². The summed E-state index contributed by atoms with van der Waals surface area (Å²) in [5.41, 5.74) is 1.30. The summed E-state index contributed by atoms with van der Waals surface area (Å²) in [7, 11) is 0. The van der Waals surface area contributed by atoms with E-state index in [0.29, 0.717) is 29.9 Å². The first-order valence-corrected chi connectivity index (χ1v) is 6.80. The number of rotatable bonds is 4. The highest BCUT2D eigenvalue weighted by Crippen LogP contribution is 2.36. The van der Waals surface area contributed by atoms with E-state index in [-0.39, 0.29) is 0 Å². The maximum atomic E-state index is 11.7. The van der Waals surface area contributed by atoms with Crippen molar-refractivity contribution in [2.75, 3.05) is 0 Å². The van der Waals surface area contributed by atoms with Crippen LogP contribution in [0.2, 0.25) is 0 Å². The van der Waals surface area contributed by atoms with E-state index in [0.717, 1.165) is 18.4 Å². The molecular weight excluding hydrogens is 256 g/mol. The highest BCUT2D eigenvalue weighted by molar-refractivity contribution is 7.74. The van der Waals surface area contributed by atoms with Crippen LogP contribution in [0.4, 0.5) is 0 Å². The topological polar surface area (TPSA) is 72.8 Å². The summed E-state index contributed by atoms with van der Waals surface area (Å²) in [6.45, 7) is 2.05.